The zero-order chi connectivity index (χ0) is 12.9. The van der Waals surface area contributed by atoms with Gasteiger partial charge < -0.3 is 5.11 Å². The van der Waals surface area contributed by atoms with Crippen molar-refractivity contribution in [3.63, 3.8) is 0 Å². The first-order chi connectivity index (χ1) is 8.56. The zero-order valence-electron chi connectivity index (χ0n) is 9.54. The number of benzene rings is 2. The van der Waals surface area contributed by atoms with Crippen molar-refractivity contribution in [2.75, 3.05) is 0 Å². The van der Waals surface area contributed by atoms with Crippen molar-refractivity contribution < 1.29 is 5.11 Å². The molecule has 1 N–H and O–H groups in total. The van der Waals surface area contributed by atoms with Gasteiger partial charge in [-0.25, -0.2) is 4.98 Å². The van der Waals surface area contributed by atoms with Crippen LogP contribution in [0.4, 0.5) is 0 Å². The molecule has 0 aliphatic carbocycles. The van der Waals surface area contributed by atoms with Gasteiger partial charge in [-0.05, 0) is 46.6 Å². The van der Waals surface area contributed by atoms with E-state index in [9.17, 15) is 5.11 Å². The second-order valence-electron chi connectivity index (χ2n) is 4.27. The summed E-state index contributed by atoms with van der Waals surface area (Å²) in [5, 5.41) is 12.1. The van der Waals surface area contributed by atoms with Crippen molar-refractivity contribution >= 4 is 53.7 Å². The highest BCUT2D eigenvalue weighted by Gasteiger charge is 2.11. The highest BCUT2D eigenvalue weighted by atomic mass is 79.9. The predicted molar refractivity (Wildman–Crippen MR) is 81.1 cm³/mol. The summed E-state index contributed by atoms with van der Waals surface area (Å²) in [6.45, 7) is 2.03. The van der Waals surface area contributed by atoms with Gasteiger partial charge in [0, 0.05) is 15.2 Å². The molecule has 90 valence electrons. The molecule has 18 heavy (non-hydrogen) atoms. The molecule has 1 aromatic heterocycles. The van der Waals surface area contributed by atoms with Gasteiger partial charge in [0.2, 0.25) is 0 Å². The van der Waals surface area contributed by atoms with E-state index >= 15 is 0 Å². The van der Waals surface area contributed by atoms with Gasteiger partial charge in [-0.15, -0.1) is 0 Å². The lowest BCUT2D eigenvalue weighted by Gasteiger charge is -2.07. The summed E-state index contributed by atoms with van der Waals surface area (Å²) in [6, 6.07) is 9.99. The average molecular weight is 367 g/mol. The number of halogens is 2. The zero-order valence-corrected chi connectivity index (χ0v) is 12.7. The number of nitrogens with zero attached hydrogens (tertiary/aromatic N) is 1. The first kappa shape index (κ1) is 11.9. The minimum Gasteiger partial charge on any atom is -0.505 e. The molecule has 0 unspecified atom stereocenters. The summed E-state index contributed by atoms with van der Waals surface area (Å²) in [5.41, 5.74) is 2.65. The van der Waals surface area contributed by atoms with E-state index in [1.165, 1.54) is 0 Å². The Balaban J connectivity index is 2.52. The summed E-state index contributed by atoms with van der Waals surface area (Å²) in [6.07, 6.45) is 0. The first-order valence-electron chi connectivity index (χ1n) is 5.44. The normalized spacial score (nSPS) is 11.3. The van der Waals surface area contributed by atoms with Crippen molar-refractivity contribution in [3.05, 3.63) is 44.8 Å². The molecule has 0 aliphatic rings. The van der Waals surface area contributed by atoms with E-state index in [4.69, 9.17) is 0 Å². The SMILES string of the molecule is Cc1ccc2cc3c(Br)cc(Br)c(O)c3nc2c1. The molecular weight excluding hydrogens is 358 g/mol. The fraction of sp³-hybridized carbons (Fsp3) is 0.0714. The lowest BCUT2D eigenvalue weighted by atomic mass is 10.1. The molecule has 3 aromatic rings. The molecule has 0 aliphatic heterocycles. The topological polar surface area (TPSA) is 33.1 Å². The van der Waals surface area contributed by atoms with E-state index in [0.717, 1.165) is 26.3 Å². The lowest BCUT2D eigenvalue weighted by Crippen LogP contribution is -1.86. The predicted octanol–water partition coefficient (Wildman–Crippen LogP) is 4.93. The van der Waals surface area contributed by atoms with E-state index < -0.39 is 0 Å². The number of aryl methyl sites for hydroxylation is 1. The molecule has 0 radical (unpaired) electrons. The second-order valence-corrected chi connectivity index (χ2v) is 5.98. The average Bonchev–Trinajstić information content (AvgIpc) is 2.34. The quantitative estimate of drug-likeness (QED) is 0.572. The minimum absolute atomic E-state index is 0.177. The number of pyridine rings is 1. The van der Waals surface area contributed by atoms with Crippen LogP contribution in [0.25, 0.3) is 21.8 Å². The van der Waals surface area contributed by atoms with Gasteiger partial charge in [0.15, 0.2) is 5.75 Å². The monoisotopic (exact) mass is 365 g/mol. The van der Waals surface area contributed by atoms with Crippen LogP contribution in [0.3, 0.4) is 0 Å². The van der Waals surface area contributed by atoms with Crippen LogP contribution in [0.2, 0.25) is 0 Å². The Hall–Kier alpha value is -1.13. The number of fused-ring (bicyclic) bond motifs is 2. The third-order valence-corrected chi connectivity index (χ3v) is 4.20. The highest BCUT2D eigenvalue weighted by Crippen LogP contribution is 2.37. The summed E-state index contributed by atoms with van der Waals surface area (Å²) >= 11 is 6.83. The van der Waals surface area contributed by atoms with Crippen LogP contribution in [0.15, 0.2) is 39.3 Å². The molecule has 2 aromatic carbocycles. The van der Waals surface area contributed by atoms with Crippen LogP contribution >= 0.6 is 31.9 Å². The van der Waals surface area contributed by atoms with Crippen LogP contribution in [0, 0.1) is 6.92 Å². The second kappa shape index (κ2) is 4.21. The Morgan fingerprint density at radius 2 is 1.83 bits per heavy atom. The number of hydrogen-bond acceptors (Lipinski definition) is 2. The number of aromatic hydroxyl groups is 1. The third kappa shape index (κ3) is 1.80. The van der Waals surface area contributed by atoms with E-state index in [-0.39, 0.29) is 5.75 Å². The molecule has 0 fully saturated rings. The van der Waals surface area contributed by atoms with Gasteiger partial charge >= 0.3 is 0 Å². The van der Waals surface area contributed by atoms with Gasteiger partial charge in [-0.2, -0.15) is 0 Å². The lowest BCUT2D eigenvalue weighted by molar-refractivity contribution is 0.477. The van der Waals surface area contributed by atoms with Crippen molar-refractivity contribution in [2.24, 2.45) is 0 Å². The Labute approximate surface area is 121 Å². The first-order valence-corrected chi connectivity index (χ1v) is 7.03. The maximum absolute atomic E-state index is 10.1. The number of phenols is 1. The molecule has 2 nitrogen and oxygen atoms in total. The van der Waals surface area contributed by atoms with Gasteiger partial charge in [0.05, 0.1) is 9.99 Å². The molecule has 0 saturated carbocycles. The van der Waals surface area contributed by atoms with Crippen LogP contribution in [-0.4, -0.2) is 10.1 Å². The van der Waals surface area contributed by atoms with Crippen molar-refractivity contribution in [1.82, 2.24) is 4.98 Å². The smallest absolute Gasteiger partial charge is 0.156 e. The molecule has 3 rings (SSSR count). The molecule has 0 amide bonds. The molecular formula is C14H9Br2NO. The number of aromatic nitrogens is 1. The summed E-state index contributed by atoms with van der Waals surface area (Å²) in [4.78, 5) is 4.55. The van der Waals surface area contributed by atoms with Gasteiger partial charge in [0.1, 0.15) is 5.52 Å². The van der Waals surface area contributed by atoms with Crippen molar-refractivity contribution in [3.8, 4) is 5.75 Å². The van der Waals surface area contributed by atoms with Crippen LogP contribution < -0.4 is 0 Å². The highest BCUT2D eigenvalue weighted by molar-refractivity contribution is 9.11. The summed E-state index contributed by atoms with van der Waals surface area (Å²) in [5.74, 6) is 0.177. The Morgan fingerprint density at radius 1 is 1.06 bits per heavy atom. The van der Waals surface area contributed by atoms with E-state index in [0.29, 0.717) is 9.99 Å². The molecule has 0 saturated heterocycles. The third-order valence-electron chi connectivity index (χ3n) is 2.93. The standard InChI is InChI=1S/C14H9Br2NO/c1-7-2-3-8-5-9-10(15)6-11(16)14(18)13(9)17-12(8)4-7/h2-6,18H,1H3. The largest absolute Gasteiger partial charge is 0.505 e. The van der Waals surface area contributed by atoms with Crippen LogP contribution in [0.1, 0.15) is 5.56 Å². The van der Waals surface area contributed by atoms with Crippen LogP contribution in [-0.2, 0) is 0 Å². The Bertz CT molecular complexity index is 784. The fourth-order valence-electron chi connectivity index (χ4n) is 2.01. The van der Waals surface area contributed by atoms with Gasteiger partial charge in [-0.1, -0.05) is 28.1 Å². The molecule has 1 heterocycles. The maximum Gasteiger partial charge on any atom is 0.156 e. The van der Waals surface area contributed by atoms with E-state index in [1.807, 2.05) is 31.2 Å². The maximum atomic E-state index is 10.1. The van der Waals surface area contributed by atoms with Gasteiger partial charge in [-0.3, -0.25) is 0 Å². The van der Waals surface area contributed by atoms with Crippen molar-refractivity contribution in [1.29, 1.82) is 0 Å². The fourth-order valence-corrected chi connectivity index (χ4v) is 3.27. The molecule has 4 heteroatoms. The Kier molecular flexibility index (Phi) is 2.79. The molecule has 0 bridgehead atoms. The van der Waals surface area contributed by atoms with Crippen LogP contribution in [0.5, 0.6) is 5.75 Å². The van der Waals surface area contributed by atoms with Crippen molar-refractivity contribution in [2.45, 2.75) is 6.92 Å². The molecule has 0 spiro atoms. The number of hydrogen-bond donors (Lipinski definition) is 1. The summed E-state index contributed by atoms with van der Waals surface area (Å²) in [7, 11) is 0. The minimum atomic E-state index is 0.177. The Morgan fingerprint density at radius 3 is 2.61 bits per heavy atom. The van der Waals surface area contributed by atoms with E-state index in [2.05, 4.69) is 42.9 Å². The summed E-state index contributed by atoms with van der Waals surface area (Å²) < 4.78 is 1.55. The number of phenolic OH excluding ortho intramolecular Hbond substituents is 1. The van der Waals surface area contributed by atoms with Gasteiger partial charge in [0.25, 0.3) is 0 Å². The molecule has 0 atom stereocenters. The van der Waals surface area contributed by atoms with E-state index in [1.54, 1.807) is 0 Å². The number of rotatable bonds is 0.